The molecule has 0 aromatic carbocycles. The first-order chi connectivity index (χ1) is 9.38. The topological polar surface area (TPSA) is 47.0 Å². The van der Waals surface area contributed by atoms with Crippen molar-refractivity contribution in [3.05, 3.63) is 17.5 Å². The largest absolute Gasteiger partial charge is 0.470 e. The van der Waals surface area contributed by atoms with Gasteiger partial charge in [0.2, 0.25) is 0 Å². The summed E-state index contributed by atoms with van der Waals surface area (Å²) in [7, 11) is 0. The average molecular weight is 311 g/mol. The van der Waals surface area contributed by atoms with Gasteiger partial charge >= 0.3 is 0 Å². The number of rotatable bonds is 4. The third-order valence-corrected chi connectivity index (χ3v) is 6.28. The smallest absolute Gasteiger partial charge is 0.260 e. The lowest BCUT2D eigenvalue weighted by atomic mass is 10.1. The fraction of sp³-hybridized carbons (Fsp3) is 0.500. The summed E-state index contributed by atoms with van der Waals surface area (Å²) in [6, 6.07) is 4.65. The molecule has 2 aromatic rings. The Labute approximate surface area is 123 Å². The number of aromatic nitrogens is 2. The van der Waals surface area contributed by atoms with Gasteiger partial charge in [-0.15, -0.1) is 15.7 Å². The zero-order chi connectivity index (χ0) is 12.7. The van der Waals surface area contributed by atoms with Gasteiger partial charge in [0.25, 0.3) is 5.88 Å². The van der Waals surface area contributed by atoms with Crippen molar-refractivity contribution in [2.24, 2.45) is 5.92 Å². The van der Waals surface area contributed by atoms with Gasteiger partial charge in [-0.2, -0.15) is 4.37 Å². The summed E-state index contributed by atoms with van der Waals surface area (Å²) in [6.45, 7) is 1.15. The summed E-state index contributed by atoms with van der Waals surface area (Å²) in [5, 5.41) is 6.48. The number of nitrogens with zero attached hydrogens (tertiary/aromatic N) is 2. The fourth-order valence-corrected chi connectivity index (χ4v) is 5.06. The van der Waals surface area contributed by atoms with E-state index in [1.807, 2.05) is 6.07 Å². The number of thiophene rings is 1. The molecule has 2 fully saturated rings. The monoisotopic (exact) mass is 311 g/mol. The van der Waals surface area contributed by atoms with E-state index < -0.39 is 0 Å². The Bertz CT molecular complexity index is 556. The van der Waals surface area contributed by atoms with E-state index in [0.717, 1.165) is 23.9 Å². The quantitative estimate of drug-likeness (QED) is 0.941. The van der Waals surface area contributed by atoms with Crippen LogP contribution in [0.4, 0.5) is 0 Å². The molecule has 0 spiro atoms. The van der Waals surface area contributed by atoms with Gasteiger partial charge in [0.1, 0.15) is 6.10 Å². The van der Waals surface area contributed by atoms with Crippen molar-refractivity contribution in [2.45, 2.75) is 34.2 Å². The summed E-state index contributed by atoms with van der Waals surface area (Å²) < 4.78 is 16.0. The van der Waals surface area contributed by atoms with Crippen LogP contribution < -0.4 is 10.1 Å². The highest BCUT2D eigenvalue weighted by Gasteiger charge is 2.41. The van der Waals surface area contributed by atoms with Gasteiger partial charge in [0.05, 0.1) is 15.9 Å². The van der Waals surface area contributed by atoms with Crippen molar-refractivity contribution in [3.8, 4) is 5.88 Å². The van der Waals surface area contributed by atoms with Crippen LogP contribution in [0.15, 0.2) is 26.7 Å². The van der Waals surface area contributed by atoms with Crippen LogP contribution in [-0.4, -0.2) is 27.4 Å². The summed E-state index contributed by atoms with van der Waals surface area (Å²) in [5.41, 5.74) is 0. The SMILES string of the molecule is c1csc(Sc2nsnc2O[C@H]2C[C@@H]3CN[C@H]2C3)c1. The van der Waals surface area contributed by atoms with Crippen LogP contribution in [0.3, 0.4) is 0 Å². The molecule has 2 bridgehead atoms. The maximum atomic E-state index is 6.09. The number of nitrogens with one attached hydrogen (secondary N) is 1. The molecule has 19 heavy (non-hydrogen) atoms. The maximum absolute atomic E-state index is 6.09. The first-order valence-electron chi connectivity index (χ1n) is 6.32. The second-order valence-corrected chi connectivity index (χ2v) is 7.68. The molecule has 3 atom stereocenters. The minimum absolute atomic E-state index is 0.269. The number of fused-ring (bicyclic) bond motifs is 2. The van der Waals surface area contributed by atoms with Crippen LogP contribution in [0.25, 0.3) is 0 Å². The van der Waals surface area contributed by atoms with Gasteiger partial charge < -0.3 is 10.1 Å². The van der Waals surface area contributed by atoms with E-state index in [1.54, 1.807) is 23.1 Å². The second kappa shape index (κ2) is 5.05. The Morgan fingerprint density at radius 2 is 2.37 bits per heavy atom. The van der Waals surface area contributed by atoms with E-state index in [9.17, 15) is 0 Å². The third kappa shape index (κ3) is 2.40. The van der Waals surface area contributed by atoms with Crippen LogP contribution in [0.1, 0.15) is 12.8 Å². The lowest BCUT2D eigenvalue weighted by molar-refractivity contribution is 0.149. The Balaban J connectivity index is 1.48. The summed E-state index contributed by atoms with van der Waals surface area (Å²) in [6.07, 6.45) is 2.67. The molecule has 0 radical (unpaired) electrons. The maximum Gasteiger partial charge on any atom is 0.260 e. The predicted molar refractivity (Wildman–Crippen MR) is 77.3 cm³/mol. The molecule has 1 saturated carbocycles. The Morgan fingerprint density at radius 3 is 3.11 bits per heavy atom. The van der Waals surface area contributed by atoms with E-state index in [-0.39, 0.29) is 6.10 Å². The number of hydrogen-bond donors (Lipinski definition) is 1. The van der Waals surface area contributed by atoms with Crippen molar-refractivity contribution in [3.63, 3.8) is 0 Å². The molecule has 4 rings (SSSR count). The van der Waals surface area contributed by atoms with Gasteiger partial charge in [0, 0.05) is 6.04 Å². The normalized spacial score (nSPS) is 28.9. The summed E-state index contributed by atoms with van der Waals surface area (Å²) in [4.78, 5) is 0. The number of ether oxygens (including phenoxy) is 1. The molecule has 3 heterocycles. The van der Waals surface area contributed by atoms with Crippen LogP contribution in [-0.2, 0) is 0 Å². The highest BCUT2D eigenvalue weighted by molar-refractivity contribution is 8.01. The highest BCUT2D eigenvalue weighted by atomic mass is 32.2. The van der Waals surface area contributed by atoms with E-state index >= 15 is 0 Å². The fourth-order valence-electron chi connectivity index (χ4n) is 2.80. The minimum Gasteiger partial charge on any atom is -0.470 e. The van der Waals surface area contributed by atoms with E-state index in [4.69, 9.17) is 4.74 Å². The van der Waals surface area contributed by atoms with E-state index in [0.29, 0.717) is 11.9 Å². The van der Waals surface area contributed by atoms with Crippen molar-refractivity contribution in [1.29, 1.82) is 0 Å². The van der Waals surface area contributed by atoms with Crippen molar-refractivity contribution in [2.75, 3.05) is 6.54 Å². The molecule has 1 aliphatic heterocycles. The molecule has 2 aliphatic rings. The van der Waals surface area contributed by atoms with Crippen LogP contribution in [0.5, 0.6) is 5.88 Å². The molecule has 1 aliphatic carbocycles. The van der Waals surface area contributed by atoms with Gasteiger partial charge in [-0.25, -0.2) is 0 Å². The van der Waals surface area contributed by atoms with Gasteiger partial charge in [0.15, 0.2) is 5.03 Å². The average Bonchev–Trinajstić information content (AvgIpc) is 3.16. The first-order valence-corrected chi connectivity index (χ1v) is 8.75. The van der Waals surface area contributed by atoms with Crippen LogP contribution in [0, 0.1) is 5.92 Å². The van der Waals surface area contributed by atoms with Gasteiger partial charge in [-0.1, -0.05) is 17.8 Å². The van der Waals surface area contributed by atoms with Crippen molar-refractivity contribution < 1.29 is 4.74 Å². The molecule has 7 heteroatoms. The van der Waals surface area contributed by atoms with E-state index in [1.165, 1.54) is 22.4 Å². The second-order valence-electron chi connectivity index (χ2n) is 4.92. The molecule has 0 amide bonds. The molecule has 4 nitrogen and oxygen atoms in total. The lowest BCUT2D eigenvalue weighted by Crippen LogP contribution is -2.40. The lowest BCUT2D eigenvalue weighted by Gasteiger charge is -2.22. The predicted octanol–water partition coefficient (Wildman–Crippen LogP) is 2.88. The van der Waals surface area contributed by atoms with Gasteiger partial charge in [-0.05, 0) is 36.8 Å². The molecule has 100 valence electrons. The molecular weight excluding hydrogens is 298 g/mol. The Morgan fingerprint density at radius 1 is 1.37 bits per heavy atom. The standard InChI is InChI=1S/C12H13N3OS3/c1-2-10(17-3-1)18-12-11(14-19-15-12)16-9-5-7-4-8(9)13-6-7/h1-3,7-9,13H,4-6H2/t7-,8+,9+/m1/s1. The summed E-state index contributed by atoms with van der Waals surface area (Å²) in [5.74, 6) is 1.50. The zero-order valence-corrected chi connectivity index (χ0v) is 12.6. The summed E-state index contributed by atoms with van der Waals surface area (Å²) >= 11 is 4.59. The van der Waals surface area contributed by atoms with Crippen molar-refractivity contribution >= 4 is 34.8 Å². The van der Waals surface area contributed by atoms with Gasteiger partial charge in [-0.3, -0.25) is 0 Å². The number of hydrogen-bond acceptors (Lipinski definition) is 7. The van der Waals surface area contributed by atoms with Crippen LogP contribution in [0.2, 0.25) is 0 Å². The van der Waals surface area contributed by atoms with Crippen molar-refractivity contribution in [1.82, 2.24) is 14.1 Å². The molecule has 1 saturated heterocycles. The highest BCUT2D eigenvalue weighted by Crippen LogP contribution is 2.39. The molecule has 2 aromatic heterocycles. The Kier molecular flexibility index (Phi) is 3.22. The Hall–Kier alpha value is -0.630. The number of piperidine rings is 1. The minimum atomic E-state index is 0.269. The molecule has 0 unspecified atom stereocenters. The molecule has 1 N–H and O–H groups in total. The molecular formula is C12H13N3OS3. The first kappa shape index (κ1) is 12.1. The van der Waals surface area contributed by atoms with E-state index in [2.05, 4.69) is 25.5 Å². The van der Waals surface area contributed by atoms with Crippen LogP contribution >= 0.6 is 34.8 Å². The zero-order valence-electron chi connectivity index (χ0n) is 10.1. The third-order valence-electron chi connectivity index (χ3n) is 3.66.